The Bertz CT molecular complexity index is 1300. The van der Waals surface area contributed by atoms with Gasteiger partial charge in [0, 0.05) is 11.8 Å². The molecule has 4 rings (SSSR count). The Kier molecular flexibility index (Phi) is 6.32. The van der Waals surface area contributed by atoms with Gasteiger partial charge in [-0.25, -0.2) is 9.98 Å². The van der Waals surface area contributed by atoms with Crippen LogP contribution in [0.25, 0.3) is 21.0 Å². The van der Waals surface area contributed by atoms with E-state index in [1.807, 2.05) is 43.3 Å². The lowest BCUT2D eigenvalue weighted by atomic mass is 10.0. The van der Waals surface area contributed by atoms with Crippen LogP contribution in [-0.4, -0.2) is 46.2 Å². The minimum atomic E-state index is 0.611. The number of rotatable bonds is 8. The molecule has 166 valence electrons. The molecule has 0 N–H and O–H groups in total. The second kappa shape index (κ2) is 9.32. The zero-order chi connectivity index (χ0) is 22.7. The summed E-state index contributed by atoms with van der Waals surface area (Å²) in [6.45, 7) is 2.58. The highest BCUT2D eigenvalue weighted by Gasteiger charge is 2.20. The summed E-state index contributed by atoms with van der Waals surface area (Å²) in [6, 6.07) is 11.4. The van der Waals surface area contributed by atoms with Crippen LogP contribution in [0.15, 0.2) is 41.4 Å². The van der Waals surface area contributed by atoms with Crippen LogP contribution >= 0.6 is 11.3 Å². The summed E-state index contributed by atoms with van der Waals surface area (Å²) in [5.74, 6) is 3.37. The van der Waals surface area contributed by atoms with Gasteiger partial charge >= 0.3 is 0 Å². The molecule has 0 radical (unpaired) electrons. The van der Waals surface area contributed by atoms with Crippen molar-refractivity contribution in [2.75, 3.05) is 35.0 Å². The predicted octanol–water partition coefficient (Wildman–Crippen LogP) is 5.63. The molecule has 0 aliphatic carbocycles. The van der Waals surface area contributed by atoms with Gasteiger partial charge in [0.2, 0.25) is 5.13 Å². The summed E-state index contributed by atoms with van der Waals surface area (Å²) in [6.07, 6.45) is 1.72. The van der Waals surface area contributed by atoms with Crippen LogP contribution in [0, 0.1) is 0 Å². The van der Waals surface area contributed by atoms with E-state index in [9.17, 15) is 0 Å². The van der Waals surface area contributed by atoms with Crippen LogP contribution in [0.4, 0.5) is 5.13 Å². The summed E-state index contributed by atoms with van der Waals surface area (Å²) in [5, 5.41) is 2.15. The first-order valence-corrected chi connectivity index (χ1v) is 10.8. The van der Waals surface area contributed by atoms with Gasteiger partial charge in [-0.05, 0) is 43.3 Å². The SMILES string of the molecule is CCOc1ccc2nc(N=Cc3cc(OC)c4c(OC)ccc(OC)c4c3OC)sc2c1. The number of thiazole rings is 1. The van der Waals surface area contributed by atoms with Crippen molar-refractivity contribution in [2.24, 2.45) is 4.99 Å². The molecule has 0 saturated carbocycles. The summed E-state index contributed by atoms with van der Waals surface area (Å²) >= 11 is 1.49. The van der Waals surface area contributed by atoms with E-state index in [0.717, 1.165) is 32.3 Å². The van der Waals surface area contributed by atoms with E-state index in [4.69, 9.17) is 23.7 Å². The van der Waals surface area contributed by atoms with E-state index in [0.29, 0.717) is 34.7 Å². The quantitative estimate of drug-likeness (QED) is 0.323. The Hall–Kier alpha value is -3.52. The molecule has 0 spiro atoms. The predicted molar refractivity (Wildman–Crippen MR) is 128 cm³/mol. The summed E-state index contributed by atoms with van der Waals surface area (Å²) in [7, 11) is 6.47. The van der Waals surface area contributed by atoms with Crippen LogP contribution in [0.2, 0.25) is 0 Å². The van der Waals surface area contributed by atoms with Crippen molar-refractivity contribution >= 4 is 43.7 Å². The lowest BCUT2D eigenvalue weighted by Crippen LogP contribution is -1.99. The largest absolute Gasteiger partial charge is 0.496 e. The fourth-order valence-corrected chi connectivity index (χ4v) is 4.44. The molecule has 7 nitrogen and oxygen atoms in total. The van der Waals surface area contributed by atoms with Gasteiger partial charge in [0.05, 0.1) is 56.0 Å². The summed E-state index contributed by atoms with van der Waals surface area (Å²) in [4.78, 5) is 9.21. The highest BCUT2D eigenvalue weighted by atomic mass is 32.1. The van der Waals surface area contributed by atoms with Crippen molar-refractivity contribution in [1.82, 2.24) is 4.98 Å². The molecule has 3 aromatic carbocycles. The van der Waals surface area contributed by atoms with Crippen LogP contribution in [0.3, 0.4) is 0 Å². The minimum absolute atomic E-state index is 0.611. The molecule has 0 aliphatic rings. The fraction of sp³-hybridized carbons (Fsp3) is 0.250. The first-order chi connectivity index (χ1) is 15.6. The van der Waals surface area contributed by atoms with Crippen LogP contribution in [0.1, 0.15) is 12.5 Å². The zero-order valence-electron chi connectivity index (χ0n) is 18.6. The van der Waals surface area contributed by atoms with Crippen molar-refractivity contribution in [3.8, 4) is 28.7 Å². The van der Waals surface area contributed by atoms with Gasteiger partial charge in [0.15, 0.2) is 0 Å². The second-order valence-corrected chi connectivity index (χ2v) is 7.75. The van der Waals surface area contributed by atoms with Gasteiger partial charge in [-0.15, -0.1) is 0 Å². The number of ether oxygens (including phenoxy) is 5. The van der Waals surface area contributed by atoms with Gasteiger partial charge in [-0.2, -0.15) is 0 Å². The van der Waals surface area contributed by atoms with Gasteiger partial charge in [-0.3, -0.25) is 0 Å². The van der Waals surface area contributed by atoms with Gasteiger partial charge < -0.3 is 23.7 Å². The lowest BCUT2D eigenvalue weighted by Gasteiger charge is -2.17. The zero-order valence-corrected chi connectivity index (χ0v) is 19.4. The Balaban J connectivity index is 1.83. The van der Waals surface area contributed by atoms with Crippen molar-refractivity contribution < 1.29 is 23.7 Å². The lowest BCUT2D eigenvalue weighted by molar-refractivity contribution is 0.341. The number of aliphatic imine (C=N–C) groups is 1. The third-order valence-electron chi connectivity index (χ3n) is 4.99. The second-order valence-electron chi connectivity index (χ2n) is 6.74. The van der Waals surface area contributed by atoms with E-state index in [-0.39, 0.29) is 0 Å². The van der Waals surface area contributed by atoms with Crippen LogP contribution < -0.4 is 23.7 Å². The molecule has 32 heavy (non-hydrogen) atoms. The molecule has 0 saturated heterocycles. The summed E-state index contributed by atoms with van der Waals surface area (Å²) < 4.78 is 29.2. The number of fused-ring (bicyclic) bond motifs is 2. The molecule has 0 unspecified atom stereocenters. The molecule has 0 fully saturated rings. The van der Waals surface area contributed by atoms with E-state index in [1.165, 1.54) is 11.3 Å². The Morgan fingerprint density at radius 1 is 0.875 bits per heavy atom. The number of methoxy groups -OCH3 is 4. The first-order valence-electron chi connectivity index (χ1n) is 10.0. The smallest absolute Gasteiger partial charge is 0.210 e. The van der Waals surface area contributed by atoms with E-state index in [2.05, 4.69) is 9.98 Å². The van der Waals surface area contributed by atoms with Crippen LogP contribution in [-0.2, 0) is 0 Å². The Morgan fingerprint density at radius 3 is 2.25 bits per heavy atom. The van der Waals surface area contributed by atoms with Gasteiger partial charge in [0.25, 0.3) is 0 Å². The van der Waals surface area contributed by atoms with Crippen molar-refractivity contribution in [1.29, 1.82) is 0 Å². The molecule has 0 atom stereocenters. The number of nitrogens with zero attached hydrogens (tertiary/aromatic N) is 2. The monoisotopic (exact) mass is 452 g/mol. The number of hydrogen-bond donors (Lipinski definition) is 0. The van der Waals surface area contributed by atoms with Gasteiger partial charge in [0.1, 0.15) is 28.7 Å². The highest BCUT2D eigenvalue weighted by Crippen LogP contribution is 2.46. The van der Waals surface area contributed by atoms with E-state index < -0.39 is 0 Å². The highest BCUT2D eigenvalue weighted by molar-refractivity contribution is 7.22. The molecule has 1 aromatic heterocycles. The van der Waals surface area contributed by atoms with Crippen LogP contribution in [0.5, 0.6) is 28.7 Å². The van der Waals surface area contributed by atoms with E-state index in [1.54, 1.807) is 34.7 Å². The maximum Gasteiger partial charge on any atom is 0.210 e. The van der Waals surface area contributed by atoms with Gasteiger partial charge in [-0.1, -0.05) is 11.3 Å². The number of hydrogen-bond acceptors (Lipinski definition) is 8. The molecule has 4 aromatic rings. The Labute approximate surface area is 190 Å². The first kappa shape index (κ1) is 21.7. The molecule has 0 amide bonds. The van der Waals surface area contributed by atoms with E-state index >= 15 is 0 Å². The van der Waals surface area contributed by atoms with Crippen molar-refractivity contribution in [2.45, 2.75) is 6.92 Å². The average molecular weight is 453 g/mol. The minimum Gasteiger partial charge on any atom is -0.496 e. The fourth-order valence-electron chi connectivity index (χ4n) is 3.60. The standard InChI is InChI=1S/C24H24N2O5S/c1-6-31-15-7-8-16-20(12-15)32-24(26-16)25-13-14-11-19(29-4)21-17(27-2)9-10-18(28-3)22(21)23(14)30-5/h7-13H,6H2,1-5H3. The molecule has 8 heteroatoms. The van der Waals surface area contributed by atoms with Crippen molar-refractivity contribution in [3.63, 3.8) is 0 Å². The topological polar surface area (TPSA) is 71.4 Å². The number of benzene rings is 3. The maximum atomic E-state index is 5.77. The number of aromatic nitrogens is 1. The third-order valence-corrected chi connectivity index (χ3v) is 5.91. The molecular formula is C24H24N2O5S. The Morgan fingerprint density at radius 2 is 1.59 bits per heavy atom. The molecule has 0 aliphatic heterocycles. The molecule has 0 bridgehead atoms. The van der Waals surface area contributed by atoms with Crippen molar-refractivity contribution in [3.05, 3.63) is 42.0 Å². The average Bonchev–Trinajstić information content (AvgIpc) is 3.23. The molecule has 1 heterocycles. The molecular weight excluding hydrogens is 428 g/mol. The maximum absolute atomic E-state index is 5.77. The normalized spacial score (nSPS) is 11.3. The summed E-state index contributed by atoms with van der Waals surface area (Å²) in [5.41, 5.74) is 1.61. The third kappa shape index (κ3) is 3.89.